The summed E-state index contributed by atoms with van der Waals surface area (Å²) in [6.45, 7) is 4.36. The number of ether oxygens (including phenoxy) is 2. The second kappa shape index (κ2) is 13.0. The maximum Gasteiger partial charge on any atom is 0.346 e. The average Bonchev–Trinajstić information content (AvgIpc) is 2.92. The maximum atomic E-state index is 15.1. The minimum atomic E-state index is -0.867. The van der Waals surface area contributed by atoms with E-state index in [1.807, 2.05) is 0 Å². The first-order valence-corrected chi connectivity index (χ1v) is 13.6. The van der Waals surface area contributed by atoms with E-state index in [1.165, 1.54) is 49.9 Å². The zero-order valence-corrected chi connectivity index (χ0v) is 22.1. The largest absolute Gasteiger partial charge is 0.494 e. The second-order valence-corrected chi connectivity index (χ2v) is 10.0. The highest BCUT2D eigenvalue weighted by atomic mass is 19.2. The number of carbonyl (C=O) groups excluding carboxylic acids is 1. The number of benzene rings is 3. The highest BCUT2D eigenvalue weighted by Crippen LogP contribution is 2.40. The van der Waals surface area contributed by atoms with Gasteiger partial charge in [0.2, 0.25) is 0 Å². The third-order valence-electron chi connectivity index (χ3n) is 7.46. The van der Waals surface area contributed by atoms with Crippen LogP contribution < -0.4 is 9.47 Å². The van der Waals surface area contributed by atoms with Gasteiger partial charge in [-0.25, -0.2) is 18.0 Å². The molecule has 0 N–H and O–H groups in total. The zero-order valence-electron chi connectivity index (χ0n) is 22.1. The molecule has 1 aliphatic carbocycles. The molecule has 38 heavy (non-hydrogen) atoms. The predicted octanol–water partition coefficient (Wildman–Crippen LogP) is 9.24. The molecule has 0 saturated heterocycles. The van der Waals surface area contributed by atoms with Gasteiger partial charge in [-0.15, -0.1) is 0 Å². The molecule has 4 rings (SSSR count). The van der Waals surface area contributed by atoms with Gasteiger partial charge in [0.15, 0.2) is 11.6 Å². The van der Waals surface area contributed by atoms with Crippen molar-refractivity contribution < 1.29 is 27.4 Å². The van der Waals surface area contributed by atoms with Gasteiger partial charge in [-0.3, -0.25) is 0 Å². The number of hydrogen-bond acceptors (Lipinski definition) is 3. The van der Waals surface area contributed by atoms with Gasteiger partial charge in [0, 0.05) is 11.6 Å². The van der Waals surface area contributed by atoms with Crippen molar-refractivity contribution in [2.24, 2.45) is 5.92 Å². The Labute approximate surface area is 223 Å². The molecule has 0 heterocycles. The van der Waals surface area contributed by atoms with Crippen LogP contribution in [0.25, 0.3) is 11.1 Å². The van der Waals surface area contributed by atoms with Crippen LogP contribution in [0.15, 0.2) is 54.6 Å². The van der Waals surface area contributed by atoms with Gasteiger partial charge in [-0.2, -0.15) is 0 Å². The van der Waals surface area contributed by atoms with E-state index in [2.05, 4.69) is 6.92 Å². The normalized spacial score (nSPS) is 17.3. The lowest BCUT2D eigenvalue weighted by Gasteiger charge is -2.29. The number of halogens is 3. The molecule has 0 radical (unpaired) electrons. The van der Waals surface area contributed by atoms with Crippen molar-refractivity contribution in [3.63, 3.8) is 0 Å². The van der Waals surface area contributed by atoms with E-state index < -0.39 is 23.4 Å². The molecule has 3 nitrogen and oxygen atoms in total. The number of rotatable bonds is 10. The minimum Gasteiger partial charge on any atom is -0.494 e. The van der Waals surface area contributed by atoms with Crippen molar-refractivity contribution in [3.8, 4) is 22.6 Å². The molecule has 1 fully saturated rings. The lowest BCUT2D eigenvalue weighted by Crippen LogP contribution is -2.15. The summed E-state index contributed by atoms with van der Waals surface area (Å²) in [5.41, 5.74) is 0.840. The Morgan fingerprint density at radius 2 is 1.55 bits per heavy atom. The topological polar surface area (TPSA) is 35.5 Å². The number of hydrogen-bond donors (Lipinski definition) is 0. The summed E-state index contributed by atoms with van der Waals surface area (Å²) in [6, 6.07) is 13.3. The van der Waals surface area contributed by atoms with E-state index in [9.17, 15) is 9.18 Å². The highest BCUT2D eigenvalue weighted by Gasteiger charge is 2.26. The molecule has 1 aliphatic rings. The van der Waals surface area contributed by atoms with Crippen molar-refractivity contribution >= 4 is 5.97 Å². The van der Waals surface area contributed by atoms with E-state index in [-0.39, 0.29) is 22.8 Å². The Kier molecular flexibility index (Phi) is 9.48. The number of carbonyl (C=O) groups is 1. The molecule has 0 aromatic heterocycles. The third-order valence-corrected chi connectivity index (χ3v) is 7.46. The zero-order chi connectivity index (χ0) is 27.1. The smallest absolute Gasteiger partial charge is 0.346 e. The van der Waals surface area contributed by atoms with Crippen LogP contribution in [0.2, 0.25) is 0 Å². The third kappa shape index (κ3) is 6.58. The summed E-state index contributed by atoms with van der Waals surface area (Å²) in [7, 11) is 0. The molecule has 0 aliphatic heterocycles. The van der Waals surface area contributed by atoms with Crippen molar-refractivity contribution in [1.29, 1.82) is 0 Å². The van der Waals surface area contributed by atoms with Crippen LogP contribution in [0.4, 0.5) is 13.2 Å². The van der Waals surface area contributed by atoms with E-state index in [4.69, 9.17) is 9.47 Å². The predicted molar refractivity (Wildman–Crippen MR) is 143 cm³/mol. The molecule has 3 aromatic carbocycles. The van der Waals surface area contributed by atoms with Gasteiger partial charge in [0.25, 0.3) is 0 Å². The quantitative estimate of drug-likeness (QED) is 0.151. The molecule has 0 bridgehead atoms. The minimum absolute atomic E-state index is 0.0470. The van der Waals surface area contributed by atoms with E-state index in [1.54, 1.807) is 31.2 Å². The summed E-state index contributed by atoms with van der Waals surface area (Å²) in [5, 5.41) is 0. The molecule has 3 aromatic rings. The van der Waals surface area contributed by atoms with Crippen molar-refractivity contribution in [3.05, 3.63) is 83.2 Å². The van der Waals surface area contributed by atoms with Crippen LogP contribution in [0.1, 0.15) is 87.1 Å². The molecular weight excluding hydrogens is 489 g/mol. The molecule has 0 atom stereocenters. The van der Waals surface area contributed by atoms with Gasteiger partial charge in [0.1, 0.15) is 17.3 Å². The van der Waals surface area contributed by atoms with Crippen LogP contribution in [0, 0.1) is 23.4 Å². The molecule has 0 spiro atoms. The summed E-state index contributed by atoms with van der Waals surface area (Å²) in [6.07, 6.45) is 8.87. The lowest BCUT2D eigenvalue weighted by atomic mass is 9.76. The Hall–Kier alpha value is -3.28. The molecular formula is C32H35F3O3. The monoisotopic (exact) mass is 524 g/mol. The first kappa shape index (κ1) is 27.7. The summed E-state index contributed by atoms with van der Waals surface area (Å²) >= 11 is 0. The van der Waals surface area contributed by atoms with E-state index >= 15 is 8.78 Å². The molecule has 0 amide bonds. The Morgan fingerprint density at radius 1 is 0.842 bits per heavy atom. The molecule has 0 unspecified atom stereocenters. The standard InChI is InChI=1S/C32H35F3O3/c1-3-5-6-7-21-8-10-22(11-9-21)26-18-19-27(31(35)30(26)34)23-12-14-24(15-13-23)38-32(36)28-17-16-25(37-4-2)20-29(28)33/h12-22H,3-11H2,1-2H3. The van der Waals surface area contributed by atoms with Crippen molar-refractivity contribution in [2.75, 3.05) is 6.61 Å². The molecule has 202 valence electrons. The van der Waals surface area contributed by atoms with Gasteiger partial charge in [-0.1, -0.05) is 56.9 Å². The van der Waals surface area contributed by atoms with Crippen LogP contribution in [-0.4, -0.2) is 12.6 Å². The fraction of sp³-hybridized carbons (Fsp3) is 0.406. The van der Waals surface area contributed by atoms with Gasteiger partial charge in [-0.05, 0) is 79.8 Å². The Balaban J connectivity index is 1.41. The van der Waals surface area contributed by atoms with Gasteiger partial charge < -0.3 is 9.47 Å². The first-order valence-electron chi connectivity index (χ1n) is 13.6. The summed E-state index contributed by atoms with van der Waals surface area (Å²) < 4.78 is 55.1. The first-order chi connectivity index (χ1) is 18.4. The molecule has 1 saturated carbocycles. The van der Waals surface area contributed by atoms with Gasteiger partial charge in [0.05, 0.1) is 12.2 Å². The van der Waals surface area contributed by atoms with Crippen LogP contribution in [-0.2, 0) is 0 Å². The highest BCUT2D eigenvalue weighted by molar-refractivity contribution is 5.91. The van der Waals surface area contributed by atoms with E-state index in [0.717, 1.165) is 31.7 Å². The maximum absolute atomic E-state index is 15.1. The van der Waals surface area contributed by atoms with Crippen LogP contribution >= 0.6 is 0 Å². The fourth-order valence-electron chi connectivity index (χ4n) is 5.33. The second-order valence-electron chi connectivity index (χ2n) is 10.0. The average molecular weight is 525 g/mol. The Bertz CT molecular complexity index is 1230. The van der Waals surface area contributed by atoms with Crippen molar-refractivity contribution in [2.45, 2.75) is 71.1 Å². The summed E-state index contributed by atoms with van der Waals surface area (Å²) in [5.74, 6) is -2.02. The molecule has 6 heteroatoms. The van der Waals surface area contributed by atoms with Crippen LogP contribution in [0.3, 0.4) is 0 Å². The van der Waals surface area contributed by atoms with E-state index in [0.29, 0.717) is 29.4 Å². The SMILES string of the molecule is CCCCCC1CCC(c2ccc(-c3ccc(OC(=O)c4ccc(OCC)cc4F)cc3)c(F)c2F)CC1. The van der Waals surface area contributed by atoms with Crippen LogP contribution in [0.5, 0.6) is 11.5 Å². The number of unbranched alkanes of at least 4 members (excludes halogenated alkanes) is 2. The lowest BCUT2D eigenvalue weighted by molar-refractivity contribution is 0.0730. The van der Waals surface area contributed by atoms with Crippen molar-refractivity contribution in [1.82, 2.24) is 0 Å². The Morgan fingerprint density at radius 3 is 2.21 bits per heavy atom. The summed E-state index contributed by atoms with van der Waals surface area (Å²) in [4.78, 5) is 12.4. The fourth-order valence-corrected chi connectivity index (χ4v) is 5.33. The van der Waals surface area contributed by atoms with Gasteiger partial charge >= 0.3 is 5.97 Å². The number of esters is 1.